The molecule has 21 heavy (non-hydrogen) atoms. The Morgan fingerprint density at radius 2 is 1.95 bits per heavy atom. The van der Waals surface area contributed by atoms with Crippen LogP contribution in [0.4, 0.5) is 5.69 Å². The molecule has 2 heterocycles. The summed E-state index contributed by atoms with van der Waals surface area (Å²) in [6.07, 6.45) is 0.277. The van der Waals surface area contributed by atoms with Gasteiger partial charge < -0.3 is 14.4 Å². The molecule has 2 atom stereocenters. The largest absolute Gasteiger partial charge is 0.497 e. The molecule has 2 aliphatic heterocycles. The second-order valence-corrected chi connectivity index (χ2v) is 7.56. The second-order valence-electron chi connectivity index (χ2n) is 5.41. The fraction of sp³-hybridized carbons (Fsp3) is 0.500. The number of ether oxygens (including phenoxy) is 2. The van der Waals surface area contributed by atoms with Gasteiger partial charge in [0, 0.05) is 18.4 Å². The van der Waals surface area contributed by atoms with E-state index in [1.54, 1.807) is 30.2 Å². The standard InChI is InChI=1S/C14H17NO5S/c1-19-10-3-4-11(13(6-10)20-2)15-12-8-21(17,18)7-9(12)5-14(15)16/h3-4,6,9,12H,5,7-8H2,1-2H3/t9-,12+/m1/s1. The van der Waals surface area contributed by atoms with Crippen molar-refractivity contribution in [1.82, 2.24) is 0 Å². The Balaban J connectivity index is 2.01. The average Bonchev–Trinajstić information content (AvgIpc) is 2.88. The van der Waals surface area contributed by atoms with Gasteiger partial charge in [-0.15, -0.1) is 0 Å². The van der Waals surface area contributed by atoms with Crippen molar-refractivity contribution >= 4 is 21.4 Å². The number of rotatable bonds is 3. The van der Waals surface area contributed by atoms with E-state index in [2.05, 4.69) is 0 Å². The molecule has 0 unspecified atom stereocenters. The van der Waals surface area contributed by atoms with Crippen molar-refractivity contribution < 1.29 is 22.7 Å². The maximum atomic E-state index is 12.3. The van der Waals surface area contributed by atoms with Gasteiger partial charge in [-0.25, -0.2) is 8.42 Å². The summed E-state index contributed by atoms with van der Waals surface area (Å²) < 4.78 is 34.1. The SMILES string of the molecule is COc1ccc(N2C(=O)C[C@@H]3CS(=O)(=O)C[C@@H]32)c(OC)c1. The number of nitrogens with zero attached hydrogens (tertiary/aromatic N) is 1. The lowest BCUT2D eigenvalue weighted by Crippen LogP contribution is -2.36. The molecule has 3 rings (SSSR count). The summed E-state index contributed by atoms with van der Waals surface area (Å²) in [4.78, 5) is 13.8. The number of hydrogen-bond donors (Lipinski definition) is 0. The van der Waals surface area contributed by atoms with E-state index >= 15 is 0 Å². The predicted molar refractivity (Wildman–Crippen MR) is 77.6 cm³/mol. The van der Waals surface area contributed by atoms with Crippen molar-refractivity contribution in [2.75, 3.05) is 30.6 Å². The van der Waals surface area contributed by atoms with Crippen LogP contribution >= 0.6 is 0 Å². The molecule has 0 N–H and O–H groups in total. The van der Waals surface area contributed by atoms with E-state index in [1.165, 1.54) is 7.11 Å². The van der Waals surface area contributed by atoms with E-state index in [-0.39, 0.29) is 35.8 Å². The first kappa shape index (κ1) is 14.2. The minimum Gasteiger partial charge on any atom is -0.497 e. The molecule has 0 aliphatic carbocycles. The van der Waals surface area contributed by atoms with Crippen molar-refractivity contribution in [1.29, 1.82) is 0 Å². The molecule has 7 heteroatoms. The first-order valence-corrected chi connectivity index (χ1v) is 8.52. The zero-order valence-corrected chi connectivity index (χ0v) is 12.7. The highest BCUT2D eigenvalue weighted by atomic mass is 32.2. The number of fused-ring (bicyclic) bond motifs is 1. The van der Waals surface area contributed by atoms with E-state index in [9.17, 15) is 13.2 Å². The maximum absolute atomic E-state index is 12.3. The highest BCUT2D eigenvalue weighted by Gasteiger charge is 2.49. The molecule has 2 saturated heterocycles. The zero-order chi connectivity index (χ0) is 15.2. The molecule has 1 aromatic carbocycles. The normalized spacial score (nSPS) is 26.8. The van der Waals surface area contributed by atoms with Crippen molar-refractivity contribution in [2.45, 2.75) is 12.5 Å². The summed E-state index contributed by atoms with van der Waals surface area (Å²) >= 11 is 0. The topological polar surface area (TPSA) is 72.9 Å². The Morgan fingerprint density at radius 1 is 1.19 bits per heavy atom. The third-order valence-electron chi connectivity index (χ3n) is 4.12. The first-order chi connectivity index (χ1) is 9.95. The van der Waals surface area contributed by atoms with Gasteiger partial charge in [0.1, 0.15) is 11.5 Å². The van der Waals surface area contributed by atoms with E-state index in [0.717, 1.165) is 0 Å². The number of sulfone groups is 1. The van der Waals surface area contributed by atoms with Gasteiger partial charge in [-0.05, 0) is 12.1 Å². The van der Waals surface area contributed by atoms with Gasteiger partial charge in [0.2, 0.25) is 5.91 Å². The summed E-state index contributed by atoms with van der Waals surface area (Å²) in [6.45, 7) is 0. The number of carbonyl (C=O) groups excluding carboxylic acids is 1. The van der Waals surface area contributed by atoms with Gasteiger partial charge in [0.25, 0.3) is 0 Å². The highest BCUT2D eigenvalue weighted by Crippen LogP contribution is 2.41. The molecule has 114 valence electrons. The van der Waals surface area contributed by atoms with E-state index < -0.39 is 9.84 Å². The van der Waals surface area contributed by atoms with E-state index in [1.807, 2.05) is 0 Å². The van der Waals surface area contributed by atoms with Crippen molar-refractivity contribution in [3.63, 3.8) is 0 Å². The van der Waals surface area contributed by atoms with E-state index in [0.29, 0.717) is 17.2 Å². The highest BCUT2D eigenvalue weighted by molar-refractivity contribution is 7.91. The average molecular weight is 311 g/mol. The van der Waals surface area contributed by atoms with Crippen LogP contribution in [0.2, 0.25) is 0 Å². The van der Waals surface area contributed by atoms with Crippen LogP contribution in [0.15, 0.2) is 18.2 Å². The first-order valence-electron chi connectivity index (χ1n) is 6.69. The lowest BCUT2D eigenvalue weighted by Gasteiger charge is -2.25. The molecule has 0 radical (unpaired) electrons. The van der Waals surface area contributed by atoms with Crippen LogP contribution < -0.4 is 14.4 Å². The Hall–Kier alpha value is -1.76. The van der Waals surface area contributed by atoms with Gasteiger partial charge >= 0.3 is 0 Å². The predicted octanol–water partition coefficient (Wildman–Crippen LogP) is 0.854. The Bertz CT molecular complexity index is 685. The molecule has 2 fully saturated rings. The van der Waals surface area contributed by atoms with Gasteiger partial charge in [-0.1, -0.05) is 0 Å². The van der Waals surface area contributed by atoms with Crippen LogP contribution in [0.1, 0.15) is 6.42 Å². The number of anilines is 1. The van der Waals surface area contributed by atoms with Crippen LogP contribution in [-0.2, 0) is 14.6 Å². The van der Waals surface area contributed by atoms with Crippen LogP contribution in [0.3, 0.4) is 0 Å². The molecule has 0 aromatic heterocycles. The molecule has 2 aliphatic rings. The number of carbonyl (C=O) groups is 1. The quantitative estimate of drug-likeness (QED) is 0.827. The summed E-state index contributed by atoms with van der Waals surface area (Å²) in [5, 5.41) is 0. The third kappa shape index (κ3) is 2.35. The minimum atomic E-state index is -3.06. The Labute approximate surface area is 123 Å². The smallest absolute Gasteiger partial charge is 0.227 e. The van der Waals surface area contributed by atoms with E-state index in [4.69, 9.17) is 9.47 Å². The fourth-order valence-electron chi connectivity index (χ4n) is 3.19. The lowest BCUT2D eigenvalue weighted by atomic mass is 10.0. The molecular formula is C14H17NO5S. The number of benzene rings is 1. The zero-order valence-electron chi connectivity index (χ0n) is 11.9. The van der Waals surface area contributed by atoms with Gasteiger partial charge in [-0.3, -0.25) is 4.79 Å². The molecule has 0 spiro atoms. The Morgan fingerprint density at radius 3 is 2.62 bits per heavy atom. The molecule has 0 bridgehead atoms. The van der Waals surface area contributed by atoms with Crippen LogP contribution in [0.25, 0.3) is 0 Å². The summed E-state index contributed by atoms with van der Waals surface area (Å²) in [6, 6.07) is 4.88. The van der Waals surface area contributed by atoms with Crippen molar-refractivity contribution in [2.24, 2.45) is 5.92 Å². The van der Waals surface area contributed by atoms with Crippen LogP contribution in [-0.4, -0.2) is 46.1 Å². The van der Waals surface area contributed by atoms with Gasteiger partial charge in [-0.2, -0.15) is 0 Å². The summed E-state index contributed by atoms with van der Waals surface area (Å²) in [5.74, 6) is 1.08. The molecule has 0 saturated carbocycles. The Kier molecular flexibility index (Phi) is 3.32. The molecule has 6 nitrogen and oxygen atoms in total. The fourth-order valence-corrected chi connectivity index (χ4v) is 5.26. The van der Waals surface area contributed by atoms with Crippen LogP contribution in [0.5, 0.6) is 11.5 Å². The van der Waals surface area contributed by atoms with Crippen molar-refractivity contribution in [3.8, 4) is 11.5 Å². The monoisotopic (exact) mass is 311 g/mol. The van der Waals surface area contributed by atoms with Gasteiger partial charge in [0.15, 0.2) is 9.84 Å². The third-order valence-corrected chi connectivity index (χ3v) is 5.91. The molecule has 1 aromatic rings. The summed E-state index contributed by atoms with van der Waals surface area (Å²) in [7, 11) is 0.00455. The van der Waals surface area contributed by atoms with Gasteiger partial charge in [0.05, 0.1) is 37.5 Å². The van der Waals surface area contributed by atoms with Crippen molar-refractivity contribution in [3.05, 3.63) is 18.2 Å². The lowest BCUT2D eigenvalue weighted by molar-refractivity contribution is -0.117. The number of hydrogen-bond acceptors (Lipinski definition) is 5. The minimum absolute atomic E-state index is 0.0264. The second kappa shape index (κ2) is 4.91. The molecule has 1 amide bonds. The van der Waals surface area contributed by atoms with Crippen LogP contribution in [0, 0.1) is 5.92 Å². The molecular weight excluding hydrogens is 294 g/mol. The number of methoxy groups -OCH3 is 2. The maximum Gasteiger partial charge on any atom is 0.227 e. The summed E-state index contributed by atoms with van der Waals surface area (Å²) in [5.41, 5.74) is 0.605. The number of amides is 1.